The molecule has 2 aromatic carbocycles. The van der Waals surface area contributed by atoms with Crippen LogP contribution in [0.5, 0.6) is 0 Å². The van der Waals surface area contributed by atoms with Crippen LogP contribution in [0.2, 0.25) is 0 Å². The highest BCUT2D eigenvalue weighted by atomic mass is 16.6. The molecule has 0 saturated carbocycles. The van der Waals surface area contributed by atoms with Gasteiger partial charge in [-0.3, -0.25) is 0 Å². The Morgan fingerprint density at radius 1 is 0.808 bits per heavy atom. The van der Waals surface area contributed by atoms with Crippen LogP contribution in [0.25, 0.3) is 33.7 Å². The summed E-state index contributed by atoms with van der Waals surface area (Å²) in [6.45, 7) is 3.97. The summed E-state index contributed by atoms with van der Waals surface area (Å²) >= 11 is 0. The summed E-state index contributed by atoms with van der Waals surface area (Å²) < 4.78 is 10.1. The van der Waals surface area contributed by atoms with E-state index in [-0.39, 0.29) is 45.8 Å². The molecule has 8 heteroatoms. The van der Waals surface area contributed by atoms with Crippen molar-refractivity contribution in [3.05, 3.63) is 57.3 Å². The SMILES string of the molecule is CCO/C(O)=c1/ccc2c3cc/c(=C(/O)OCC)cc3[n+]([O-])[n+]([O-])c2c1. The third-order valence-corrected chi connectivity index (χ3v) is 3.92. The van der Waals surface area contributed by atoms with Gasteiger partial charge in [0.25, 0.3) is 22.9 Å². The number of aliphatic hydroxyl groups excluding tert-OH is 2. The molecule has 0 aliphatic rings. The number of hydrogen-bond donors (Lipinski definition) is 2. The van der Waals surface area contributed by atoms with Gasteiger partial charge in [-0.1, -0.05) is 0 Å². The number of fused-ring (bicyclic) bond motifs is 3. The maximum Gasteiger partial charge on any atom is 0.296 e. The van der Waals surface area contributed by atoms with Crippen molar-refractivity contribution in [3.63, 3.8) is 0 Å². The topological polar surface area (TPSA) is 113 Å². The Morgan fingerprint density at radius 2 is 1.19 bits per heavy atom. The highest BCUT2D eigenvalue weighted by Crippen LogP contribution is 2.17. The Balaban J connectivity index is 2.37. The van der Waals surface area contributed by atoms with E-state index in [0.717, 1.165) is 0 Å². The van der Waals surface area contributed by atoms with Gasteiger partial charge < -0.3 is 30.1 Å². The van der Waals surface area contributed by atoms with Crippen LogP contribution in [0.1, 0.15) is 13.8 Å². The first-order valence-electron chi connectivity index (χ1n) is 8.09. The van der Waals surface area contributed by atoms with E-state index < -0.39 is 0 Å². The fourth-order valence-corrected chi connectivity index (χ4v) is 2.74. The highest BCUT2D eigenvalue weighted by molar-refractivity contribution is 6.01. The van der Waals surface area contributed by atoms with E-state index in [1.807, 2.05) is 0 Å². The van der Waals surface area contributed by atoms with Gasteiger partial charge in [0.05, 0.1) is 44.1 Å². The molecular formula is C18H18N2O6. The van der Waals surface area contributed by atoms with Gasteiger partial charge in [0.2, 0.25) is 0 Å². The fraction of sp³-hybridized carbons (Fsp3) is 0.222. The third kappa shape index (κ3) is 2.85. The van der Waals surface area contributed by atoms with Gasteiger partial charge in [-0.25, -0.2) is 0 Å². The van der Waals surface area contributed by atoms with E-state index in [9.17, 15) is 20.6 Å². The first kappa shape index (κ1) is 17.4. The van der Waals surface area contributed by atoms with Crippen LogP contribution in [0.3, 0.4) is 0 Å². The molecule has 0 saturated heterocycles. The molecular weight excluding hydrogens is 340 g/mol. The molecule has 3 aromatic rings. The minimum Gasteiger partial charge on any atom is -0.561 e. The van der Waals surface area contributed by atoms with Crippen LogP contribution in [0.4, 0.5) is 0 Å². The second-order valence-electron chi connectivity index (χ2n) is 5.49. The molecule has 0 unspecified atom stereocenters. The van der Waals surface area contributed by atoms with Gasteiger partial charge >= 0.3 is 0 Å². The molecule has 2 N–H and O–H groups in total. The first-order valence-corrected chi connectivity index (χ1v) is 8.09. The average molecular weight is 358 g/mol. The zero-order valence-electron chi connectivity index (χ0n) is 14.3. The Kier molecular flexibility index (Phi) is 4.57. The largest absolute Gasteiger partial charge is 0.561 e. The number of hydrogen-bond acceptors (Lipinski definition) is 6. The van der Waals surface area contributed by atoms with Gasteiger partial charge in [-0.05, 0) is 38.1 Å². The molecule has 136 valence electrons. The second kappa shape index (κ2) is 6.83. The Labute approximate surface area is 148 Å². The number of aliphatic hydroxyl groups is 2. The molecule has 1 aromatic heterocycles. The van der Waals surface area contributed by atoms with Crippen LogP contribution in [-0.4, -0.2) is 23.4 Å². The van der Waals surface area contributed by atoms with Gasteiger partial charge in [0.1, 0.15) is 0 Å². The zero-order chi connectivity index (χ0) is 18.8. The molecule has 0 bridgehead atoms. The predicted octanol–water partition coefficient (Wildman–Crippen LogP) is 0.580. The van der Waals surface area contributed by atoms with Crippen molar-refractivity contribution < 1.29 is 29.4 Å². The van der Waals surface area contributed by atoms with Gasteiger partial charge in [0, 0.05) is 12.1 Å². The minimum atomic E-state index is -0.321. The minimum absolute atomic E-state index is 0.0852. The van der Waals surface area contributed by atoms with E-state index in [4.69, 9.17) is 9.47 Å². The van der Waals surface area contributed by atoms with Crippen LogP contribution in [0, 0.1) is 10.4 Å². The summed E-state index contributed by atoms with van der Waals surface area (Å²) in [6.07, 6.45) is 0. The van der Waals surface area contributed by atoms with Crippen molar-refractivity contribution in [1.82, 2.24) is 0 Å². The van der Waals surface area contributed by atoms with E-state index in [1.54, 1.807) is 38.1 Å². The monoisotopic (exact) mass is 358 g/mol. The van der Waals surface area contributed by atoms with Gasteiger partial charge in [0.15, 0.2) is 0 Å². The summed E-state index contributed by atoms with van der Waals surface area (Å²) in [7, 11) is 0. The van der Waals surface area contributed by atoms with Crippen molar-refractivity contribution in [3.8, 4) is 0 Å². The van der Waals surface area contributed by atoms with Crippen LogP contribution in [0.15, 0.2) is 36.4 Å². The molecule has 0 atom stereocenters. The molecule has 8 nitrogen and oxygen atoms in total. The standard InChI is InChI=1S/C18H18N2O6/c1-3-25-17(21)11-5-7-13-14-8-6-12(18(22)26-4-2)10-16(14)20(24)19(23)15(13)9-11/h5-10,21-22H,3-4H2,1-2H3/b17-11-,18-12+. The number of ether oxygens (including phenoxy) is 2. The molecule has 3 rings (SSSR count). The van der Waals surface area contributed by atoms with E-state index in [0.29, 0.717) is 21.2 Å². The maximum atomic E-state index is 12.4. The van der Waals surface area contributed by atoms with Crippen molar-refractivity contribution in [2.75, 3.05) is 13.2 Å². The van der Waals surface area contributed by atoms with Crippen molar-refractivity contribution in [1.29, 1.82) is 0 Å². The lowest BCUT2D eigenvalue weighted by Crippen LogP contribution is -2.61. The van der Waals surface area contributed by atoms with E-state index >= 15 is 0 Å². The smallest absolute Gasteiger partial charge is 0.296 e. The summed E-state index contributed by atoms with van der Waals surface area (Å²) in [6, 6.07) is 9.22. The fourth-order valence-electron chi connectivity index (χ4n) is 2.74. The molecule has 26 heavy (non-hydrogen) atoms. The number of rotatable bonds is 4. The molecule has 0 aliphatic carbocycles. The van der Waals surface area contributed by atoms with Crippen molar-refractivity contribution in [2.45, 2.75) is 13.8 Å². The van der Waals surface area contributed by atoms with Gasteiger partial charge in [-0.2, -0.15) is 0 Å². The number of aromatic nitrogens is 2. The summed E-state index contributed by atoms with van der Waals surface area (Å²) in [5.74, 6) is -0.642. The van der Waals surface area contributed by atoms with Crippen molar-refractivity contribution >= 4 is 33.7 Å². The first-order chi connectivity index (χ1) is 12.5. The van der Waals surface area contributed by atoms with Crippen LogP contribution in [-0.2, 0) is 9.47 Å². The molecule has 0 aliphatic heterocycles. The van der Waals surface area contributed by atoms with Crippen LogP contribution < -0.4 is 20.1 Å². The normalized spacial score (nSPS) is 13.6. The molecule has 1 heterocycles. The summed E-state index contributed by atoms with van der Waals surface area (Å²) in [5.41, 5.74) is 0.170. The van der Waals surface area contributed by atoms with Crippen LogP contribution >= 0.6 is 0 Å². The lowest BCUT2D eigenvalue weighted by Gasteiger charge is -2.06. The Bertz CT molecular complexity index is 1020. The van der Waals surface area contributed by atoms with E-state index in [2.05, 4.69) is 0 Å². The Morgan fingerprint density at radius 3 is 1.54 bits per heavy atom. The maximum absolute atomic E-state index is 12.4. The zero-order valence-corrected chi connectivity index (χ0v) is 14.3. The molecule has 0 spiro atoms. The summed E-state index contributed by atoms with van der Waals surface area (Å²) in [5, 5.41) is 46.2. The average Bonchev–Trinajstić information content (AvgIpc) is 2.65. The van der Waals surface area contributed by atoms with E-state index in [1.165, 1.54) is 12.1 Å². The Hall–Kier alpha value is -3.42. The highest BCUT2D eigenvalue weighted by Gasteiger charge is 2.21. The van der Waals surface area contributed by atoms with Gasteiger partial charge in [-0.15, -0.1) is 0 Å². The summed E-state index contributed by atoms with van der Waals surface area (Å²) in [4.78, 5) is 0.365. The number of nitrogens with zero attached hydrogens (tertiary/aromatic N) is 2. The molecule has 0 amide bonds. The molecule has 0 fully saturated rings. The second-order valence-corrected chi connectivity index (χ2v) is 5.49. The predicted molar refractivity (Wildman–Crippen MR) is 93.9 cm³/mol. The third-order valence-electron chi connectivity index (χ3n) is 3.92. The lowest BCUT2D eigenvalue weighted by molar-refractivity contribution is -1.16. The lowest BCUT2D eigenvalue weighted by atomic mass is 10.1. The van der Waals surface area contributed by atoms with Crippen molar-refractivity contribution in [2.24, 2.45) is 0 Å². The quantitative estimate of drug-likeness (QED) is 0.401. The number of benzene rings is 2. The molecule has 0 radical (unpaired) electrons.